The second-order valence-corrected chi connectivity index (χ2v) is 5.86. The van der Waals surface area contributed by atoms with Crippen LogP contribution in [-0.4, -0.2) is 57.5 Å². The summed E-state index contributed by atoms with van der Waals surface area (Å²) in [4.78, 5) is 17.6. The number of pyridine rings is 1. The summed E-state index contributed by atoms with van der Waals surface area (Å²) in [5.41, 5.74) is 0.768. The molecular formula is C16H16F3N5O2. The largest absolute Gasteiger partial charge is 0.493 e. The average molecular weight is 367 g/mol. The topological polar surface area (TPSA) is 83.7 Å². The van der Waals surface area contributed by atoms with E-state index in [0.717, 1.165) is 12.8 Å². The minimum Gasteiger partial charge on any atom is -0.493 e. The highest BCUT2D eigenvalue weighted by Gasteiger charge is 2.29. The van der Waals surface area contributed by atoms with Crippen molar-refractivity contribution in [1.82, 2.24) is 19.9 Å². The van der Waals surface area contributed by atoms with Crippen molar-refractivity contribution in [2.75, 3.05) is 13.7 Å². The lowest BCUT2D eigenvalue weighted by atomic mass is 10.2. The van der Waals surface area contributed by atoms with Gasteiger partial charge in [0.05, 0.1) is 5.39 Å². The van der Waals surface area contributed by atoms with Crippen molar-refractivity contribution in [2.45, 2.75) is 25.1 Å². The standard InChI is InChI=1S/C16H16F3N5O2/c1-20-11(7-24(2)9-3-4-9)13-12-10(5-6-21-13)14(25)23-15(22-12)26-8-16(17,18)19/h5-7,9H,1,3-4,8H2,2H3,(H,22,23,25)/b11-7-. The summed E-state index contributed by atoms with van der Waals surface area (Å²) in [6.07, 6.45) is 0.749. The van der Waals surface area contributed by atoms with Crippen LogP contribution in [0.15, 0.2) is 23.5 Å². The van der Waals surface area contributed by atoms with Gasteiger partial charge in [-0.2, -0.15) is 23.1 Å². The molecule has 1 aliphatic carbocycles. The monoisotopic (exact) mass is 367 g/mol. The Balaban J connectivity index is 2.04. The lowest BCUT2D eigenvalue weighted by molar-refractivity contribution is -0.154. The quantitative estimate of drug-likeness (QED) is 0.791. The number of aromatic nitrogens is 3. The first-order chi connectivity index (χ1) is 12.3. The minimum absolute atomic E-state index is 0.125. The zero-order valence-electron chi connectivity index (χ0n) is 13.9. The number of ether oxygens (including phenoxy) is 1. The molecule has 0 bridgehead atoms. The van der Waals surface area contributed by atoms with Crippen LogP contribution >= 0.6 is 0 Å². The van der Waals surface area contributed by atoms with E-state index in [1.54, 1.807) is 6.20 Å². The van der Waals surface area contributed by atoms with Crippen LogP contribution in [-0.2, 0) is 0 Å². The second-order valence-electron chi connectivity index (χ2n) is 5.86. The summed E-state index contributed by atoms with van der Waals surface area (Å²) in [7, 11) is 1.89. The van der Waals surface area contributed by atoms with Crippen LogP contribution < -0.4 is 4.74 Å². The maximum atomic E-state index is 12.3. The average Bonchev–Trinajstić information content (AvgIpc) is 3.42. The van der Waals surface area contributed by atoms with Gasteiger partial charge in [-0.25, -0.2) is 0 Å². The van der Waals surface area contributed by atoms with Crippen LogP contribution in [0.25, 0.3) is 16.6 Å². The van der Waals surface area contributed by atoms with E-state index in [9.17, 15) is 18.3 Å². The molecule has 0 aliphatic heterocycles. The molecule has 1 saturated carbocycles. The van der Waals surface area contributed by atoms with Crippen LogP contribution in [0.3, 0.4) is 0 Å². The number of aliphatic imine (C=N–C) groups is 1. The number of fused-ring (bicyclic) bond motifs is 1. The summed E-state index contributed by atoms with van der Waals surface area (Å²) < 4.78 is 41.6. The first-order valence-corrected chi connectivity index (χ1v) is 7.74. The Labute approximate surface area is 146 Å². The van der Waals surface area contributed by atoms with E-state index in [-0.39, 0.29) is 16.6 Å². The van der Waals surface area contributed by atoms with E-state index >= 15 is 0 Å². The number of hydrogen-bond donors (Lipinski definition) is 1. The molecule has 1 aliphatic rings. The highest BCUT2D eigenvalue weighted by atomic mass is 19.4. The first kappa shape index (κ1) is 17.9. The minimum atomic E-state index is -4.55. The summed E-state index contributed by atoms with van der Waals surface area (Å²) >= 11 is 0. The maximum Gasteiger partial charge on any atom is 0.422 e. The molecule has 0 atom stereocenters. The van der Waals surface area contributed by atoms with Gasteiger partial charge in [-0.15, -0.1) is 0 Å². The number of halogens is 3. The lowest BCUT2D eigenvalue weighted by Crippen LogP contribution is -2.20. The van der Waals surface area contributed by atoms with Crippen LogP contribution in [0.2, 0.25) is 0 Å². The van der Waals surface area contributed by atoms with Gasteiger partial charge < -0.3 is 14.7 Å². The van der Waals surface area contributed by atoms with E-state index in [4.69, 9.17) is 0 Å². The third-order valence-electron chi connectivity index (χ3n) is 3.80. The smallest absolute Gasteiger partial charge is 0.422 e. The van der Waals surface area contributed by atoms with Gasteiger partial charge >= 0.3 is 12.2 Å². The molecule has 0 amide bonds. The van der Waals surface area contributed by atoms with Gasteiger partial charge in [-0.05, 0) is 25.6 Å². The van der Waals surface area contributed by atoms with Crippen LogP contribution in [0.1, 0.15) is 18.5 Å². The van der Waals surface area contributed by atoms with Gasteiger partial charge in [0.2, 0.25) is 5.88 Å². The van der Waals surface area contributed by atoms with Gasteiger partial charge in [-0.3, -0.25) is 9.98 Å². The normalized spacial score (nSPS) is 15.2. The van der Waals surface area contributed by atoms with E-state index in [2.05, 4.69) is 31.4 Å². The first-order valence-electron chi connectivity index (χ1n) is 7.74. The molecule has 2 aromatic heterocycles. The molecule has 138 valence electrons. The van der Waals surface area contributed by atoms with Gasteiger partial charge in [0.25, 0.3) is 0 Å². The highest BCUT2D eigenvalue weighted by Crippen LogP contribution is 2.31. The van der Waals surface area contributed by atoms with Crippen molar-refractivity contribution in [3.63, 3.8) is 0 Å². The highest BCUT2D eigenvalue weighted by molar-refractivity contribution is 5.92. The van der Waals surface area contributed by atoms with E-state index in [1.165, 1.54) is 12.3 Å². The van der Waals surface area contributed by atoms with Crippen LogP contribution in [0.5, 0.6) is 11.9 Å². The third kappa shape index (κ3) is 4.01. The molecule has 0 aromatic carbocycles. The van der Waals surface area contributed by atoms with Crippen molar-refractivity contribution < 1.29 is 23.0 Å². The number of nitrogens with zero attached hydrogens (tertiary/aromatic N) is 5. The molecule has 7 nitrogen and oxygen atoms in total. The molecule has 3 rings (SSSR count). The molecular weight excluding hydrogens is 351 g/mol. The predicted molar refractivity (Wildman–Crippen MR) is 88.9 cm³/mol. The SMILES string of the molecule is C=N/C(=C\N(C)C1CC1)c1nccc2c(O)nc(OCC(F)(F)F)nc12. The fourth-order valence-electron chi connectivity index (χ4n) is 2.37. The Hall–Kier alpha value is -2.91. The molecule has 0 radical (unpaired) electrons. The summed E-state index contributed by atoms with van der Waals surface area (Å²) in [6, 6.07) is 1.27. The third-order valence-corrected chi connectivity index (χ3v) is 3.80. The van der Waals surface area contributed by atoms with Gasteiger partial charge in [0, 0.05) is 25.5 Å². The van der Waals surface area contributed by atoms with Crippen molar-refractivity contribution >= 4 is 23.3 Å². The fraction of sp³-hybridized carbons (Fsp3) is 0.375. The molecule has 1 N–H and O–H groups in total. The Kier molecular flexibility index (Phi) is 4.66. The van der Waals surface area contributed by atoms with Crippen molar-refractivity contribution in [1.29, 1.82) is 0 Å². The number of aromatic hydroxyl groups is 1. The zero-order valence-corrected chi connectivity index (χ0v) is 13.9. The molecule has 10 heteroatoms. The Morgan fingerprint density at radius 2 is 2.19 bits per heavy atom. The molecule has 2 heterocycles. The Morgan fingerprint density at radius 3 is 2.81 bits per heavy atom. The predicted octanol–water partition coefficient (Wildman–Crippen LogP) is 2.76. The fourth-order valence-corrected chi connectivity index (χ4v) is 2.37. The van der Waals surface area contributed by atoms with Crippen molar-refractivity contribution in [2.24, 2.45) is 4.99 Å². The Morgan fingerprint density at radius 1 is 1.46 bits per heavy atom. The summed E-state index contributed by atoms with van der Waals surface area (Å²) in [5.74, 6) is -0.505. The summed E-state index contributed by atoms with van der Waals surface area (Å²) in [5, 5.41) is 10.2. The zero-order chi connectivity index (χ0) is 18.9. The van der Waals surface area contributed by atoms with Gasteiger partial charge in [-0.1, -0.05) is 0 Å². The van der Waals surface area contributed by atoms with E-state index < -0.39 is 24.7 Å². The molecule has 0 saturated heterocycles. The van der Waals surface area contributed by atoms with Gasteiger partial charge in [0.15, 0.2) is 6.61 Å². The number of rotatable bonds is 6. The van der Waals surface area contributed by atoms with E-state index in [0.29, 0.717) is 11.7 Å². The Bertz CT molecular complexity index is 865. The van der Waals surface area contributed by atoms with Crippen LogP contribution in [0.4, 0.5) is 13.2 Å². The molecule has 0 unspecified atom stereocenters. The van der Waals surface area contributed by atoms with Gasteiger partial charge in [0.1, 0.15) is 16.9 Å². The molecule has 2 aromatic rings. The maximum absolute atomic E-state index is 12.3. The van der Waals surface area contributed by atoms with Crippen LogP contribution in [0, 0.1) is 0 Å². The lowest BCUT2D eigenvalue weighted by Gasteiger charge is -2.15. The van der Waals surface area contributed by atoms with E-state index in [1.807, 2.05) is 11.9 Å². The number of alkyl halides is 3. The number of hydrogen-bond acceptors (Lipinski definition) is 7. The molecule has 26 heavy (non-hydrogen) atoms. The molecule has 0 spiro atoms. The molecule has 1 fully saturated rings. The van der Waals surface area contributed by atoms with Crippen molar-refractivity contribution in [3.8, 4) is 11.9 Å². The summed E-state index contributed by atoms with van der Waals surface area (Å²) in [6.45, 7) is 1.95. The van der Waals surface area contributed by atoms with Crippen molar-refractivity contribution in [3.05, 3.63) is 24.2 Å². The second kappa shape index (κ2) is 6.77.